The Morgan fingerprint density at radius 1 is 1.13 bits per heavy atom. The summed E-state index contributed by atoms with van der Waals surface area (Å²) < 4.78 is 0. The van der Waals surface area contributed by atoms with E-state index >= 15 is 0 Å². The summed E-state index contributed by atoms with van der Waals surface area (Å²) in [4.78, 5) is 26.7. The van der Waals surface area contributed by atoms with Gasteiger partial charge in [-0.25, -0.2) is 0 Å². The van der Waals surface area contributed by atoms with Gasteiger partial charge < -0.3 is 4.98 Å². The molecule has 0 aliphatic rings. The maximum Gasteiger partial charge on any atom is 0.269 e. The molecule has 7 nitrogen and oxygen atoms in total. The largest absolute Gasteiger partial charge is 0.364 e. The number of aromatic nitrogens is 5. The molecule has 2 heterocycles. The standard InChI is InChI=1S/C16H15N5O2/c1-10-2-4-11(5-3-10)6-12-7-13(17-9-12)8-14(22)15(23)16-18-20-21-19-16/h2-5,7,9,17H,6,8H2,1H3,(H,18,19,20,21). The fourth-order valence-electron chi connectivity index (χ4n) is 2.27. The molecule has 0 aliphatic heterocycles. The van der Waals surface area contributed by atoms with E-state index in [-0.39, 0.29) is 12.2 Å². The lowest BCUT2D eigenvalue weighted by Gasteiger charge is -1.99. The minimum atomic E-state index is -0.742. The summed E-state index contributed by atoms with van der Waals surface area (Å²) in [5, 5.41) is 12.5. The SMILES string of the molecule is Cc1ccc(Cc2c[nH]c(CC(=O)C(=O)c3nn[nH]n3)c2)cc1. The second kappa shape index (κ2) is 6.35. The highest BCUT2D eigenvalue weighted by Gasteiger charge is 2.21. The number of carbonyl (C=O) groups excluding carboxylic acids is 2. The first kappa shape index (κ1) is 14.8. The zero-order chi connectivity index (χ0) is 16.2. The summed E-state index contributed by atoms with van der Waals surface area (Å²) in [6.45, 7) is 2.05. The lowest BCUT2D eigenvalue weighted by atomic mass is 10.1. The Morgan fingerprint density at radius 3 is 2.61 bits per heavy atom. The zero-order valence-corrected chi connectivity index (χ0v) is 12.5. The third-order valence-electron chi connectivity index (χ3n) is 3.48. The zero-order valence-electron chi connectivity index (χ0n) is 12.5. The number of hydrogen-bond acceptors (Lipinski definition) is 5. The van der Waals surface area contributed by atoms with E-state index < -0.39 is 11.6 Å². The van der Waals surface area contributed by atoms with E-state index in [9.17, 15) is 9.59 Å². The Kier molecular flexibility index (Phi) is 4.09. The quantitative estimate of drug-likeness (QED) is 0.529. The maximum atomic E-state index is 11.9. The highest BCUT2D eigenvalue weighted by atomic mass is 16.2. The van der Waals surface area contributed by atoms with Crippen molar-refractivity contribution in [3.8, 4) is 0 Å². The van der Waals surface area contributed by atoms with Crippen molar-refractivity contribution in [2.75, 3.05) is 0 Å². The molecular formula is C16H15N5O2. The normalized spacial score (nSPS) is 10.7. The number of benzene rings is 1. The van der Waals surface area contributed by atoms with Crippen LogP contribution in [0.4, 0.5) is 0 Å². The van der Waals surface area contributed by atoms with Crippen LogP contribution < -0.4 is 0 Å². The van der Waals surface area contributed by atoms with Crippen LogP contribution in [0.2, 0.25) is 0 Å². The van der Waals surface area contributed by atoms with Crippen molar-refractivity contribution in [1.29, 1.82) is 0 Å². The van der Waals surface area contributed by atoms with Crippen molar-refractivity contribution in [2.24, 2.45) is 0 Å². The van der Waals surface area contributed by atoms with Gasteiger partial charge in [-0.2, -0.15) is 5.21 Å². The monoisotopic (exact) mass is 309 g/mol. The van der Waals surface area contributed by atoms with E-state index in [1.807, 2.05) is 19.2 Å². The molecule has 1 aromatic carbocycles. The highest BCUT2D eigenvalue weighted by molar-refractivity contribution is 6.42. The molecule has 2 aromatic heterocycles. The number of nitrogens with zero attached hydrogens (tertiary/aromatic N) is 3. The minimum absolute atomic E-state index is 0.0126. The first-order valence-electron chi connectivity index (χ1n) is 7.14. The number of rotatable bonds is 6. The number of H-pyrrole nitrogens is 2. The molecule has 0 unspecified atom stereocenters. The van der Waals surface area contributed by atoms with Gasteiger partial charge in [0.1, 0.15) is 0 Å². The summed E-state index contributed by atoms with van der Waals surface area (Å²) >= 11 is 0. The maximum absolute atomic E-state index is 11.9. The molecule has 0 fully saturated rings. The van der Waals surface area contributed by atoms with E-state index in [0.29, 0.717) is 5.69 Å². The molecule has 0 bridgehead atoms. The third kappa shape index (κ3) is 3.57. The van der Waals surface area contributed by atoms with E-state index in [2.05, 4.69) is 49.9 Å². The fraction of sp³-hybridized carbons (Fsp3) is 0.188. The molecular weight excluding hydrogens is 294 g/mol. The highest BCUT2D eigenvalue weighted by Crippen LogP contribution is 2.12. The Labute approximate surface area is 132 Å². The molecule has 7 heteroatoms. The Balaban J connectivity index is 1.64. The molecule has 3 aromatic rings. The van der Waals surface area contributed by atoms with Crippen LogP contribution in [0, 0.1) is 6.92 Å². The molecule has 116 valence electrons. The second-order valence-corrected chi connectivity index (χ2v) is 5.36. The summed E-state index contributed by atoms with van der Waals surface area (Å²) in [6, 6.07) is 10.2. The van der Waals surface area contributed by atoms with Gasteiger partial charge >= 0.3 is 0 Å². The smallest absolute Gasteiger partial charge is 0.269 e. The molecule has 2 N–H and O–H groups in total. The van der Waals surface area contributed by atoms with Crippen LogP contribution >= 0.6 is 0 Å². The number of aromatic amines is 2. The number of ketones is 2. The van der Waals surface area contributed by atoms with Gasteiger partial charge in [0.25, 0.3) is 5.78 Å². The molecule has 0 saturated carbocycles. The van der Waals surface area contributed by atoms with Gasteiger partial charge in [-0.1, -0.05) is 29.8 Å². The lowest BCUT2D eigenvalue weighted by Crippen LogP contribution is -2.18. The first-order chi connectivity index (χ1) is 11.1. The molecule has 0 atom stereocenters. The van der Waals surface area contributed by atoms with Gasteiger partial charge in [-0.05, 0) is 35.8 Å². The number of tetrazole rings is 1. The topological polar surface area (TPSA) is 104 Å². The Hall–Kier alpha value is -3.09. The molecule has 0 saturated heterocycles. The molecule has 3 rings (SSSR count). The second-order valence-electron chi connectivity index (χ2n) is 5.36. The first-order valence-corrected chi connectivity index (χ1v) is 7.14. The summed E-state index contributed by atoms with van der Waals surface area (Å²) in [7, 11) is 0. The summed E-state index contributed by atoms with van der Waals surface area (Å²) in [5.41, 5.74) is 4.15. The van der Waals surface area contributed by atoms with Crippen molar-refractivity contribution in [2.45, 2.75) is 19.8 Å². The van der Waals surface area contributed by atoms with Gasteiger partial charge in [0.15, 0.2) is 0 Å². The van der Waals surface area contributed by atoms with Crippen molar-refractivity contribution < 1.29 is 9.59 Å². The van der Waals surface area contributed by atoms with Crippen LogP contribution in [-0.4, -0.2) is 37.2 Å². The molecule has 23 heavy (non-hydrogen) atoms. The van der Waals surface area contributed by atoms with E-state index in [1.54, 1.807) is 0 Å². The average molecular weight is 309 g/mol. The van der Waals surface area contributed by atoms with Gasteiger partial charge in [0.05, 0.1) is 6.42 Å². The van der Waals surface area contributed by atoms with Crippen LogP contribution in [0.25, 0.3) is 0 Å². The fourth-order valence-corrected chi connectivity index (χ4v) is 2.27. The molecule has 0 amide bonds. The van der Waals surface area contributed by atoms with Gasteiger partial charge in [-0.15, -0.1) is 10.2 Å². The van der Waals surface area contributed by atoms with Gasteiger partial charge in [-0.3, -0.25) is 9.59 Å². The minimum Gasteiger partial charge on any atom is -0.364 e. The molecule has 0 spiro atoms. The van der Waals surface area contributed by atoms with Crippen LogP contribution in [0.1, 0.15) is 33.0 Å². The third-order valence-corrected chi connectivity index (χ3v) is 3.48. The Bertz CT molecular complexity index is 819. The molecule has 0 aliphatic carbocycles. The summed E-state index contributed by atoms with van der Waals surface area (Å²) in [5.74, 6) is -1.52. The van der Waals surface area contributed by atoms with Gasteiger partial charge in [0, 0.05) is 11.9 Å². The lowest BCUT2D eigenvalue weighted by molar-refractivity contribution is -0.114. The van der Waals surface area contributed by atoms with Crippen molar-refractivity contribution in [3.05, 3.63) is 64.7 Å². The van der Waals surface area contributed by atoms with E-state index in [0.717, 1.165) is 12.0 Å². The van der Waals surface area contributed by atoms with Gasteiger partial charge in [0.2, 0.25) is 11.6 Å². The van der Waals surface area contributed by atoms with E-state index in [1.165, 1.54) is 11.1 Å². The predicted molar refractivity (Wildman–Crippen MR) is 82.0 cm³/mol. The van der Waals surface area contributed by atoms with Crippen molar-refractivity contribution >= 4 is 11.6 Å². The Morgan fingerprint density at radius 2 is 1.91 bits per heavy atom. The number of Topliss-reactive ketones (excluding diaryl/α,β-unsaturated/α-hetero) is 2. The number of carbonyl (C=O) groups is 2. The predicted octanol–water partition coefficient (Wildman–Crippen LogP) is 1.42. The van der Waals surface area contributed by atoms with Crippen LogP contribution in [0.5, 0.6) is 0 Å². The van der Waals surface area contributed by atoms with E-state index in [4.69, 9.17) is 0 Å². The van der Waals surface area contributed by atoms with Crippen molar-refractivity contribution in [3.63, 3.8) is 0 Å². The average Bonchev–Trinajstić information content (AvgIpc) is 3.21. The molecule has 0 radical (unpaired) electrons. The van der Waals surface area contributed by atoms with Crippen LogP contribution in [0.3, 0.4) is 0 Å². The number of nitrogens with one attached hydrogen (secondary N) is 2. The summed E-state index contributed by atoms with van der Waals surface area (Å²) in [6.07, 6.45) is 2.60. The van der Waals surface area contributed by atoms with Crippen molar-refractivity contribution in [1.82, 2.24) is 25.6 Å². The number of aryl methyl sites for hydroxylation is 1. The number of hydrogen-bond donors (Lipinski definition) is 2. The van der Waals surface area contributed by atoms with Crippen LogP contribution in [0.15, 0.2) is 36.5 Å². The van der Waals surface area contributed by atoms with Crippen LogP contribution in [-0.2, 0) is 17.6 Å².